The molecular weight excluding hydrogens is 390 g/mol. The number of piperidine rings is 1. The monoisotopic (exact) mass is 411 g/mol. The van der Waals surface area contributed by atoms with E-state index in [1.807, 2.05) is 47.4 Å². The second-order valence-electron chi connectivity index (χ2n) is 7.33. The number of amides is 1. The Hall–Kier alpha value is -1.94. The van der Waals surface area contributed by atoms with Crippen LogP contribution >= 0.6 is 15.9 Å². The Morgan fingerprint density at radius 2 is 1.58 bits per heavy atom. The maximum atomic E-state index is 12.8. The molecule has 4 heteroatoms. The van der Waals surface area contributed by atoms with Gasteiger partial charge in [-0.25, -0.2) is 0 Å². The van der Waals surface area contributed by atoms with Crippen LogP contribution in [0.4, 0.5) is 0 Å². The molecule has 0 bridgehead atoms. The molecule has 1 aliphatic heterocycles. The van der Waals surface area contributed by atoms with Crippen LogP contribution in [-0.4, -0.2) is 29.7 Å². The van der Waals surface area contributed by atoms with Crippen molar-refractivity contribution < 1.29 is 9.59 Å². The fourth-order valence-corrected chi connectivity index (χ4v) is 4.25. The maximum absolute atomic E-state index is 12.8. The highest BCUT2D eigenvalue weighted by atomic mass is 79.9. The number of hydrogen-bond donors (Lipinski definition) is 0. The molecule has 2 fully saturated rings. The highest BCUT2D eigenvalue weighted by Gasteiger charge is 2.46. The molecule has 0 radical (unpaired) electrons. The lowest BCUT2D eigenvalue weighted by Crippen LogP contribution is -2.41. The summed E-state index contributed by atoms with van der Waals surface area (Å²) in [5, 5.41) is 0. The van der Waals surface area contributed by atoms with E-state index in [4.69, 9.17) is 0 Å². The van der Waals surface area contributed by atoms with Crippen molar-refractivity contribution in [2.24, 2.45) is 11.8 Å². The second-order valence-corrected chi connectivity index (χ2v) is 8.25. The van der Waals surface area contributed by atoms with Gasteiger partial charge >= 0.3 is 0 Å². The largest absolute Gasteiger partial charge is 0.342 e. The topological polar surface area (TPSA) is 37.4 Å². The van der Waals surface area contributed by atoms with E-state index in [-0.39, 0.29) is 23.5 Å². The normalized spacial score (nSPS) is 22.9. The van der Waals surface area contributed by atoms with Gasteiger partial charge in [0.05, 0.1) is 0 Å². The van der Waals surface area contributed by atoms with Crippen molar-refractivity contribution in [1.29, 1.82) is 0 Å². The van der Waals surface area contributed by atoms with E-state index in [1.54, 1.807) is 0 Å². The molecule has 0 N–H and O–H groups in total. The fourth-order valence-electron chi connectivity index (χ4n) is 3.98. The van der Waals surface area contributed by atoms with Crippen molar-refractivity contribution in [3.8, 4) is 0 Å². The van der Waals surface area contributed by atoms with Crippen molar-refractivity contribution in [2.45, 2.75) is 25.2 Å². The standard InChI is InChI=1S/C22H22BrNO2/c23-18-8-6-15(7-9-18)19-14-20(19)22(26)24-12-10-17(11-13-24)21(25)16-4-2-1-3-5-16/h1-9,17,19-20H,10-14H2. The van der Waals surface area contributed by atoms with Crippen LogP contribution in [0.1, 0.15) is 41.1 Å². The van der Waals surface area contributed by atoms with E-state index in [1.165, 1.54) is 5.56 Å². The molecule has 2 aromatic rings. The number of rotatable bonds is 4. The summed E-state index contributed by atoms with van der Waals surface area (Å²) in [7, 11) is 0. The molecule has 2 unspecified atom stereocenters. The van der Waals surface area contributed by atoms with Gasteiger partial charge < -0.3 is 4.90 Å². The SMILES string of the molecule is O=C(c1ccccc1)C1CCN(C(=O)C2CC2c2ccc(Br)cc2)CC1. The highest BCUT2D eigenvalue weighted by Crippen LogP contribution is 2.49. The molecule has 0 aromatic heterocycles. The van der Waals surface area contributed by atoms with Crippen LogP contribution in [0.25, 0.3) is 0 Å². The molecule has 1 saturated carbocycles. The number of Topliss-reactive ketones (excluding diaryl/α,β-unsaturated/α-hetero) is 1. The molecule has 1 amide bonds. The molecule has 1 saturated heterocycles. The quantitative estimate of drug-likeness (QED) is 0.685. The van der Waals surface area contributed by atoms with Gasteiger partial charge in [-0.1, -0.05) is 58.4 Å². The van der Waals surface area contributed by atoms with Crippen molar-refractivity contribution in [3.05, 3.63) is 70.2 Å². The number of carbonyl (C=O) groups is 2. The number of nitrogens with zero attached hydrogens (tertiary/aromatic N) is 1. The third-order valence-electron chi connectivity index (χ3n) is 5.64. The van der Waals surface area contributed by atoms with Gasteiger partial charge in [-0.2, -0.15) is 0 Å². The lowest BCUT2D eigenvalue weighted by atomic mass is 9.88. The zero-order valence-electron chi connectivity index (χ0n) is 14.6. The first-order valence-corrected chi connectivity index (χ1v) is 10.1. The smallest absolute Gasteiger partial charge is 0.226 e. The molecule has 3 nitrogen and oxygen atoms in total. The van der Waals surface area contributed by atoms with Gasteiger partial charge in [0, 0.05) is 35.0 Å². The van der Waals surface area contributed by atoms with Gasteiger partial charge in [-0.3, -0.25) is 9.59 Å². The molecule has 2 aliphatic rings. The lowest BCUT2D eigenvalue weighted by Gasteiger charge is -2.31. The number of carbonyl (C=O) groups excluding carboxylic acids is 2. The number of halogens is 1. The Kier molecular flexibility index (Phi) is 4.94. The lowest BCUT2D eigenvalue weighted by molar-refractivity contribution is -0.133. The van der Waals surface area contributed by atoms with Crippen molar-refractivity contribution >= 4 is 27.6 Å². The van der Waals surface area contributed by atoms with Crippen LogP contribution < -0.4 is 0 Å². The Morgan fingerprint density at radius 1 is 0.923 bits per heavy atom. The minimum absolute atomic E-state index is 0.0444. The average Bonchev–Trinajstić information content (AvgIpc) is 3.49. The molecule has 2 atom stereocenters. The highest BCUT2D eigenvalue weighted by molar-refractivity contribution is 9.10. The van der Waals surface area contributed by atoms with Crippen LogP contribution in [-0.2, 0) is 4.79 Å². The Morgan fingerprint density at radius 3 is 2.23 bits per heavy atom. The van der Waals surface area contributed by atoms with Crippen molar-refractivity contribution in [2.75, 3.05) is 13.1 Å². The summed E-state index contributed by atoms with van der Waals surface area (Å²) in [4.78, 5) is 27.3. The molecule has 134 valence electrons. The summed E-state index contributed by atoms with van der Waals surface area (Å²) in [6.07, 6.45) is 2.49. The third-order valence-corrected chi connectivity index (χ3v) is 6.17. The molecular formula is C22H22BrNO2. The van der Waals surface area contributed by atoms with E-state index in [9.17, 15) is 9.59 Å². The summed E-state index contributed by atoms with van der Waals surface area (Å²) < 4.78 is 1.06. The number of hydrogen-bond acceptors (Lipinski definition) is 2. The number of ketones is 1. The van der Waals surface area contributed by atoms with Crippen LogP contribution in [0.2, 0.25) is 0 Å². The zero-order chi connectivity index (χ0) is 18.1. The Bertz CT molecular complexity index is 795. The molecule has 26 heavy (non-hydrogen) atoms. The van der Waals surface area contributed by atoms with E-state index in [2.05, 4.69) is 28.1 Å². The van der Waals surface area contributed by atoms with Crippen molar-refractivity contribution in [1.82, 2.24) is 4.90 Å². The Balaban J connectivity index is 1.32. The second kappa shape index (κ2) is 7.36. The summed E-state index contributed by atoms with van der Waals surface area (Å²) in [6, 6.07) is 17.8. The number of benzene rings is 2. The predicted molar refractivity (Wildman–Crippen MR) is 105 cm³/mol. The van der Waals surface area contributed by atoms with Crippen LogP contribution in [0.5, 0.6) is 0 Å². The summed E-state index contributed by atoms with van der Waals surface area (Å²) in [5.41, 5.74) is 2.04. The van der Waals surface area contributed by atoms with Gasteiger partial charge in [-0.15, -0.1) is 0 Å². The molecule has 1 aliphatic carbocycles. The van der Waals surface area contributed by atoms with Gasteiger partial charge in [0.1, 0.15) is 0 Å². The fraction of sp³-hybridized carbons (Fsp3) is 0.364. The third kappa shape index (κ3) is 3.61. The van der Waals surface area contributed by atoms with E-state index in [0.717, 1.165) is 29.3 Å². The summed E-state index contributed by atoms with van der Waals surface area (Å²) >= 11 is 3.45. The summed E-state index contributed by atoms with van der Waals surface area (Å²) in [6.45, 7) is 1.40. The zero-order valence-corrected chi connectivity index (χ0v) is 16.2. The molecule has 0 spiro atoms. The van der Waals surface area contributed by atoms with Gasteiger partial charge in [0.2, 0.25) is 5.91 Å². The maximum Gasteiger partial charge on any atom is 0.226 e. The number of likely N-dealkylation sites (tertiary alicyclic amines) is 1. The minimum atomic E-state index is 0.0444. The van der Waals surface area contributed by atoms with Gasteiger partial charge in [-0.05, 0) is 42.9 Å². The summed E-state index contributed by atoms with van der Waals surface area (Å²) in [5.74, 6) is 1.01. The van der Waals surface area contributed by atoms with Gasteiger partial charge in [0.15, 0.2) is 5.78 Å². The minimum Gasteiger partial charge on any atom is -0.342 e. The molecule has 1 heterocycles. The first-order chi connectivity index (χ1) is 12.6. The van der Waals surface area contributed by atoms with Crippen LogP contribution in [0.15, 0.2) is 59.1 Å². The van der Waals surface area contributed by atoms with Crippen molar-refractivity contribution in [3.63, 3.8) is 0 Å². The predicted octanol–water partition coefficient (Wildman–Crippen LogP) is 4.67. The molecule has 4 rings (SSSR count). The molecule has 2 aromatic carbocycles. The van der Waals surface area contributed by atoms with E-state index < -0.39 is 0 Å². The Labute approximate surface area is 162 Å². The van der Waals surface area contributed by atoms with E-state index >= 15 is 0 Å². The van der Waals surface area contributed by atoms with Crippen LogP contribution in [0.3, 0.4) is 0 Å². The van der Waals surface area contributed by atoms with E-state index in [0.29, 0.717) is 19.0 Å². The van der Waals surface area contributed by atoms with Gasteiger partial charge in [0.25, 0.3) is 0 Å². The first-order valence-electron chi connectivity index (χ1n) is 9.27. The first kappa shape index (κ1) is 17.5. The average molecular weight is 412 g/mol. The van der Waals surface area contributed by atoms with Crippen LogP contribution in [0, 0.1) is 11.8 Å².